The number of hydrogen-bond acceptors (Lipinski definition) is 4. The van der Waals surface area contributed by atoms with E-state index in [1.54, 1.807) is 30.3 Å². The van der Waals surface area contributed by atoms with Crippen LogP contribution in [-0.4, -0.2) is 17.4 Å². The molecule has 7 heteroatoms. The summed E-state index contributed by atoms with van der Waals surface area (Å²) in [7, 11) is 0. The number of carbonyl (C=O) groups is 1. The molecule has 0 aliphatic rings. The molecule has 0 aliphatic heterocycles. The zero-order valence-electron chi connectivity index (χ0n) is 13.6. The molecule has 0 radical (unpaired) electrons. The van der Waals surface area contributed by atoms with Crippen LogP contribution in [0.15, 0.2) is 48.5 Å². The van der Waals surface area contributed by atoms with Crippen molar-refractivity contribution in [1.29, 1.82) is 0 Å². The molecule has 25 heavy (non-hydrogen) atoms. The van der Waals surface area contributed by atoms with Gasteiger partial charge in [0.2, 0.25) is 5.91 Å². The molecular weight excluding hydrogens is 344 g/mol. The molecule has 2 aromatic carbocycles. The van der Waals surface area contributed by atoms with Gasteiger partial charge in [0.15, 0.2) is 5.75 Å². The summed E-state index contributed by atoms with van der Waals surface area (Å²) in [5.74, 6) is -0.174. The normalized spacial score (nSPS) is 10.6. The molecule has 0 heterocycles. The van der Waals surface area contributed by atoms with Crippen LogP contribution in [-0.2, 0) is 4.79 Å². The lowest BCUT2D eigenvalue weighted by Gasteiger charge is -2.06. The molecule has 0 atom stereocenters. The summed E-state index contributed by atoms with van der Waals surface area (Å²) in [4.78, 5) is 22.6. The molecule has 0 spiro atoms. The van der Waals surface area contributed by atoms with E-state index in [0.717, 1.165) is 6.42 Å². The van der Waals surface area contributed by atoms with Gasteiger partial charge in [-0.05, 0) is 36.3 Å². The second-order valence-electron chi connectivity index (χ2n) is 5.14. The van der Waals surface area contributed by atoms with E-state index in [2.05, 4.69) is 5.32 Å². The minimum atomic E-state index is -0.508. The highest BCUT2D eigenvalue weighted by Crippen LogP contribution is 2.28. The van der Waals surface area contributed by atoms with Crippen LogP contribution in [0.1, 0.15) is 18.9 Å². The molecule has 130 valence electrons. The van der Waals surface area contributed by atoms with Gasteiger partial charge in [0.05, 0.1) is 22.2 Å². The summed E-state index contributed by atoms with van der Waals surface area (Å²) in [6.07, 6.45) is 3.53. The fourth-order valence-electron chi connectivity index (χ4n) is 2.02. The monoisotopic (exact) mass is 360 g/mol. The number of amides is 1. The highest BCUT2D eigenvalue weighted by molar-refractivity contribution is 6.33. The molecule has 6 nitrogen and oxygen atoms in total. The molecule has 2 aromatic rings. The van der Waals surface area contributed by atoms with Gasteiger partial charge in [-0.25, -0.2) is 0 Å². The van der Waals surface area contributed by atoms with Crippen molar-refractivity contribution >= 4 is 35.0 Å². The van der Waals surface area contributed by atoms with E-state index in [1.165, 1.54) is 24.3 Å². The SMILES string of the molecule is CCCOc1ccc(/C=C/C(=O)Nc2ccccc2Cl)cc1[N+](=O)[O-]. The highest BCUT2D eigenvalue weighted by Gasteiger charge is 2.15. The third-order valence-corrected chi connectivity index (χ3v) is 3.53. The lowest BCUT2D eigenvalue weighted by atomic mass is 10.1. The van der Waals surface area contributed by atoms with E-state index in [4.69, 9.17) is 16.3 Å². The van der Waals surface area contributed by atoms with Gasteiger partial charge in [-0.1, -0.05) is 36.7 Å². The standard InChI is InChI=1S/C18H17ClN2O4/c1-2-11-25-17-9-7-13(12-16(17)21(23)24)8-10-18(22)20-15-6-4-3-5-14(15)19/h3-10,12H,2,11H2,1H3,(H,20,22)/b10-8+. The summed E-state index contributed by atoms with van der Waals surface area (Å²) in [5.41, 5.74) is 0.875. The van der Waals surface area contributed by atoms with E-state index >= 15 is 0 Å². The number of hydrogen-bond donors (Lipinski definition) is 1. The molecule has 0 aliphatic carbocycles. The van der Waals surface area contributed by atoms with Gasteiger partial charge in [-0.3, -0.25) is 14.9 Å². The fraction of sp³-hybridized carbons (Fsp3) is 0.167. The maximum atomic E-state index is 11.9. The second-order valence-corrected chi connectivity index (χ2v) is 5.54. The molecular formula is C18H17ClN2O4. The number of carbonyl (C=O) groups excluding carboxylic acids is 1. The Morgan fingerprint density at radius 1 is 1.32 bits per heavy atom. The average molecular weight is 361 g/mol. The van der Waals surface area contributed by atoms with E-state index < -0.39 is 4.92 Å². The maximum absolute atomic E-state index is 11.9. The van der Waals surface area contributed by atoms with Crippen molar-refractivity contribution in [3.05, 3.63) is 69.2 Å². The number of nitro groups is 1. The number of nitrogens with one attached hydrogen (secondary N) is 1. The Kier molecular flexibility index (Phi) is 6.54. The highest BCUT2D eigenvalue weighted by atomic mass is 35.5. The van der Waals surface area contributed by atoms with E-state index in [0.29, 0.717) is 22.9 Å². The number of rotatable bonds is 7. The lowest BCUT2D eigenvalue weighted by Crippen LogP contribution is -2.08. The summed E-state index contributed by atoms with van der Waals surface area (Å²) >= 11 is 5.97. The molecule has 1 N–H and O–H groups in total. The Balaban J connectivity index is 2.12. The van der Waals surface area contributed by atoms with E-state index in [1.807, 2.05) is 6.92 Å². The Morgan fingerprint density at radius 3 is 2.76 bits per heavy atom. The quantitative estimate of drug-likeness (QED) is 0.441. The van der Waals surface area contributed by atoms with Crippen LogP contribution in [0.4, 0.5) is 11.4 Å². The van der Waals surface area contributed by atoms with Crippen LogP contribution in [0.5, 0.6) is 5.75 Å². The van der Waals surface area contributed by atoms with Crippen molar-refractivity contribution in [1.82, 2.24) is 0 Å². The van der Waals surface area contributed by atoms with Crippen molar-refractivity contribution in [3.8, 4) is 5.75 Å². The topological polar surface area (TPSA) is 81.5 Å². The summed E-state index contributed by atoms with van der Waals surface area (Å²) in [6, 6.07) is 11.4. The first-order chi connectivity index (χ1) is 12.0. The van der Waals surface area contributed by atoms with Crippen molar-refractivity contribution in [3.63, 3.8) is 0 Å². The van der Waals surface area contributed by atoms with Crippen LogP contribution in [0, 0.1) is 10.1 Å². The first-order valence-corrected chi connectivity index (χ1v) is 8.04. The number of ether oxygens (including phenoxy) is 1. The number of benzene rings is 2. The minimum Gasteiger partial charge on any atom is -0.487 e. The molecule has 0 saturated heterocycles. The van der Waals surface area contributed by atoms with Crippen LogP contribution >= 0.6 is 11.6 Å². The summed E-state index contributed by atoms with van der Waals surface area (Å²) in [5, 5.41) is 14.2. The Morgan fingerprint density at radius 2 is 2.08 bits per heavy atom. The van der Waals surface area contributed by atoms with Gasteiger partial charge in [-0.2, -0.15) is 0 Å². The van der Waals surface area contributed by atoms with Gasteiger partial charge in [-0.15, -0.1) is 0 Å². The molecule has 1 amide bonds. The van der Waals surface area contributed by atoms with Gasteiger partial charge in [0.25, 0.3) is 0 Å². The molecule has 0 unspecified atom stereocenters. The van der Waals surface area contributed by atoms with Gasteiger partial charge >= 0.3 is 5.69 Å². The molecule has 0 fully saturated rings. The molecule has 2 rings (SSSR count). The Labute approximate surface area is 150 Å². The van der Waals surface area contributed by atoms with E-state index in [9.17, 15) is 14.9 Å². The summed E-state index contributed by atoms with van der Waals surface area (Å²) in [6.45, 7) is 2.32. The van der Waals surface area contributed by atoms with Crippen LogP contribution in [0.2, 0.25) is 5.02 Å². The second kappa shape index (κ2) is 8.84. The van der Waals surface area contributed by atoms with E-state index in [-0.39, 0.29) is 17.3 Å². The number of anilines is 1. The molecule has 0 aromatic heterocycles. The number of para-hydroxylation sites is 1. The van der Waals surface area contributed by atoms with Crippen molar-refractivity contribution in [2.75, 3.05) is 11.9 Å². The predicted octanol–water partition coefficient (Wildman–Crippen LogP) is 4.69. The Hall–Kier alpha value is -2.86. The molecule has 0 saturated carbocycles. The number of nitrogens with zero attached hydrogens (tertiary/aromatic N) is 1. The maximum Gasteiger partial charge on any atom is 0.311 e. The van der Waals surface area contributed by atoms with Crippen LogP contribution < -0.4 is 10.1 Å². The third-order valence-electron chi connectivity index (χ3n) is 3.20. The zero-order chi connectivity index (χ0) is 18.2. The smallest absolute Gasteiger partial charge is 0.311 e. The van der Waals surface area contributed by atoms with Crippen molar-refractivity contribution in [2.24, 2.45) is 0 Å². The summed E-state index contributed by atoms with van der Waals surface area (Å²) < 4.78 is 5.36. The number of halogens is 1. The van der Waals surface area contributed by atoms with Gasteiger partial charge in [0, 0.05) is 12.1 Å². The number of nitro benzene ring substituents is 1. The van der Waals surface area contributed by atoms with Crippen molar-refractivity contribution < 1.29 is 14.5 Å². The predicted molar refractivity (Wildman–Crippen MR) is 98.0 cm³/mol. The Bertz CT molecular complexity index is 805. The largest absolute Gasteiger partial charge is 0.487 e. The zero-order valence-corrected chi connectivity index (χ0v) is 14.3. The third kappa shape index (κ3) is 5.32. The average Bonchev–Trinajstić information content (AvgIpc) is 2.60. The van der Waals surface area contributed by atoms with Crippen LogP contribution in [0.3, 0.4) is 0 Å². The first kappa shape index (κ1) is 18.5. The molecule has 0 bridgehead atoms. The first-order valence-electron chi connectivity index (χ1n) is 7.66. The fourth-order valence-corrected chi connectivity index (χ4v) is 2.21. The minimum absolute atomic E-state index is 0.137. The lowest BCUT2D eigenvalue weighted by molar-refractivity contribution is -0.385. The van der Waals surface area contributed by atoms with Crippen LogP contribution in [0.25, 0.3) is 6.08 Å². The van der Waals surface area contributed by atoms with Crippen molar-refractivity contribution in [2.45, 2.75) is 13.3 Å². The van der Waals surface area contributed by atoms with Gasteiger partial charge in [0.1, 0.15) is 0 Å². The van der Waals surface area contributed by atoms with Gasteiger partial charge < -0.3 is 10.1 Å².